The first kappa shape index (κ1) is 20.6. The van der Waals surface area contributed by atoms with E-state index in [4.69, 9.17) is 14.2 Å². The highest BCUT2D eigenvalue weighted by Crippen LogP contribution is 2.25. The second kappa shape index (κ2) is 10.4. The largest absolute Gasteiger partial charge is 0.494 e. The third-order valence-electron chi connectivity index (χ3n) is 3.98. The summed E-state index contributed by atoms with van der Waals surface area (Å²) in [6, 6.07) is 11.3. The van der Waals surface area contributed by atoms with E-state index in [1.54, 1.807) is 30.4 Å². The van der Waals surface area contributed by atoms with Crippen LogP contribution in [0.15, 0.2) is 42.5 Å². The molecule has 0 heterocycles. The minimum absolute atomic E-state index is 0.109. The normalized spacial score (nSPS) is 10.8. The van der Waals surface area contributed by atoms with E-state index in [1.807, 2.05) is 32.9 Å². The Morgan fingerprint density at radius 3 is 2.04 bits per heavy atom. The maximum absolute atomic E-state index is 12.7. The van der Waals surface area contributed by atoms with Crippen LogP contribution in [0.2, 0.25) is 0 Å². The summed E-state index contributed by atoms with van der Waals surface area (Å²) in [4.78, 5) is 12.7. The molecule has 0 spiro atoms. The molecule has 2 aromatic carbocycles. The summed E-state index contributed by atoms with van der Waals surface area (Å²) in [6.07, 6.45) is 4.30. The average Bonchev–Trinajstić information content (AvgIpc) is 2.67. The first-order valence-corrected chi connectivity index (χ1v) is 9.50. The van der Waals surface area contributed by atoms with E-state index in [2.05, 4.69) is 13.0 Å². The lowest BCUT2D eigenvalue weighted by atomic mass is 10.0. The molecule has 0 atom stereocenters. The molecule has 0 fully saturated rings. The second-order valence-corrected chi connectivity index (χ2v) is 5.92. The van der Waals surface area contributed by atoms with Crippen molar-refractivity contribution in [1.29, 1.82) is 0 Å². The Balaban J connectivity index is 2.30. The van der Waals surface area contributed by atoms with E-state index < -0.39 is 0 Å². The molecule has 2 rings (SSSR count). The Morgan fingerprint density at radius 1 is 0.852 bits per heavy atom. The smallest absolute Gasteiger partial charge is 0.186 e. The molecular weight excluding hydrogens is 340 g/mol. The molecule has 0 N–H and O–H groups in total. The molecule has 0 aliphatic carbocycles. The maximum atomic E-state index is 12.7. The maximum Gasteiger partial charge on any atom is 0.186 e. The van der Waals surface area contributed by atoms with Gasteiger partial charge in [-0.3, -0.25) is 4.79 Å². The lowest BCUT2D eigenvalue weighted by Crippen LogP contribution is -2.00. The van der Waals surface area contributed by atoms with Crippen molar-refractivity contribution >= 4 is 11.9 Å². The molecule has 0 radical (unpaired) electrons. The van der Waals surface area contributed by atoms with Gasteiger partial charge in [-0.2, -0.15) is 0 Å². The SMILES string of the molecule is CCOc1cc(OCC)cc(C(=O)/C=C/c2cc(CC)ccc2OCC)c1. The molecule has 144 valence electrons. The standard InChI is InChI=1S/C23H28O4/c1-5-17-9-12-23(27-8-4)18(13-17)10-11-22(24)19-14-20(25-6-2)16-21(15-19)26-7-3/h9-16H,5-8H2,1-4H3/b11-10+. The molecule has 0 aromatic heterocycles. The Bertz CT molecular complexity index is 769. The first-order valence-electron chi connectivity index (χ1n) is 9.50. The number of hydrogen-bond acceptors (Lipinski definition) is 4. The Kier molecular flexibility index (Phi) is 7.93. The molecule has 4 nitrogen and oxygen atoms in total. The highest BCUT2D eigenvalue weighted by molar-refractivity contribution is 6.07. The molecule has 0 amide bonds. The lowest BCUT2D eigenvalue weighted by molar-refractivity contribution is 0.104. The van der Waals surface area contributed by atoms with Crippen LogP contribution in [-0.4, -0.2) is 25.6 Å². The molecule has 0 saturated heterocycles. The van der Waals surface area contributed by atoms with Crippen LogP contribution in [0.25, 0.3) is 6.08 Å². The van der Waals surface area contributed by atoms with Gasteiger partial charge in [0.05, 0.1) is 19.8 Å². The fraction of sp³-hybridized carbons (Fsp3) is 0.348. The van der Waals surface area contributed by atoms with Gasteiger partial charge in [-0.25, -0.2) is 0 Å². The monoisotopic (exact) mass is 368 g/mol. The third kappa shape index (κ3) is 5.88. The number of aryl methyl sites for hydroxylation is 1. The van der Waals surface area contributed by atoms with Crippen molar-refractivity contribution < 1.29 is 19.0 Å². The molecule has 0 aliphatic heterocycles. The van der Waals surface area contributed by atoms with Crippen molar-refractivity contribution in [3.8, 4) is 17.2 Å². The van der Waals surface area contributed by atoms with E-state index in [9.17, 15) is 4.79 Å². The fourth-order valence-corrected chi connectivity index (χ4v) is 2.71. The Hall–Kier alpha value is -2.75. The van der Waals surface area contributed by atoms with Gasteiger partial charge in [0, 0.05) is 17.2 Å². The van der Waals surface area contributed by atoms with Crippen LogP contribution >= 0.6 is 0 Å². The van der Waals surface area contributed by atoms with Gasteiger partial charge in [-0.1, -0.05) is 13.0 Å². The molecule has 0 bridgehead atoms. The third-order valence-corrected chi connectivity index (χ3v) is 3.98. The van der Waals surface area contributed by atoms with Crippen molar-refractivity contribution in [2.24, 2.45) is 0 Å². The molecule has 27 heavy (non-hydrogen) atoms. The fourth-order valence-electron chi connectivity index (χ4n) is 2.71. The molecule has 0 aliphatic rings. The van der Waals surface area contributed by atoms with E-state index in [1.165, 1.54) is 5.56 Å². The number of benzene rings is 2. The van der Waals surface area contributed by atoms with Crippen molar-refractivity contribution in [2.75, 3.05) is 19.8 Å². The summed E-state index contributed by atoms with van der Waals surface area (Å²) in [6.45, 7) is 9.49. The Labute approximate surface area is 161 Å². The van der Waals surface area contributed by atoms with Crippen molar-refractivity contribution in [3.63, 3.8) is 0 Å². The van der Waals surface area contributed by atoms with Gasteiger partial charge in [0.2, 0.25) is 0 Å². The van der Waals surface area contributed by atoms with E-state index in [0.717, 1.165) is 17.7 Å². The molecule has 0 unspecified atom stereocenters. The van der Waals surface area contributed by atoms with E-state index in [-0.39, 0.29) is 5.78 Å². The van der Waals surface area contributed by atoms with Crippen LogP contribution in [-0.2, 0) is 6.42 Å². The van der Waals surface area contributed by atoms with Crippen LogP contribution in [0.3, 0.4) is 0 Å². The van der Waals surface area contributed by atoms with Gasteiger partial charge >= 0.3 is 0 Å². The molecular formula is C23H28O4. The number of carbonyl (C=O) groups excluding carboxylic acids is 1. The molecule has 4 heteroatoms. The van der Waals surface area contributed by atoms with Crippen LogP contribution in [0, 0.1) is 0 Å². The Morgan fingerprint density at radius 2 is 1.48 bits per heavy atom. The topological polar surface area (TPSA) is 44.8 Å². The quantitative estimate of drug-likeness (QED) is 0.419. The second-order valence-electron chi connectivity index (χ2n) is 5.92. The first-order chi connectivity index (χ1) is 13.1. The molecule has 0 saturated carbocycles. The minimum atomic E-state index is -0.109. The number of carbonyl (C=O) groups is 1. The van der Waals surface area contributed by atoms with Gasteiger partial charge in [0.1, 0.15) is 17.2 Å². The molecule has 2 aromatic rings. The summed E-state index contributed by atoms with van der Waals surface area (Å²) >= 11 is 0. The summed E-state index contributed by atoms with van der Waals surface area (Å²) in [7, 11) is 0. The zero-order valence-corrected chi connectivity index (χ0v) is 16.6. The van der Waals surface area contributed by atoms with Gasteiger partial charge in [0.15, 0.2) is 5.78 Å². The van der Waals surface area contributed by atoms with Gasteiger partial charge in [-0.15, -0.1) is 0 Å². The zero-order valence-electron chi connectivity index (χ0n) is 16.6. The van der Waals surface area contributed by atoms with Crippen LogP contribution < -0.4 is 14.2 Å². The van der Waals surface area contributed by atoms with E-state index in [0.29, 0.717) is 36.9 Å². The predicted octanol–water partition coefficient (Wildman–Crippen LogP) is 5.34. The van der Waals surface area contributed by atoms with Gasteiger partial charge in [-0.05, 0) is 69.2 Å². The highest BCUT2D eigenvalue weighted by atomic mass is 16.5. The summed E-state index contributed by atoms with van der Waals surface area (Å²) < 4.78 is 16.8. The number of ether oxygens (including phenoxy) is 3. The van der Waals surface area contributed by atoms with Gasteiger partial charge < -0.3 is 14.2 Å². The van der Waals surface area contributed by atoms with Crippen molar-refractivity contribution in [1.82, 2.24) is 0 Å². The summed E-state index contributed by atoms with van der Waals surface area (Å²) in [5.74, 6) is 1.92. The summed E-state index contributed by atoms with van der Waals surface area (Å²) in [5.41, 5.74) is 2.63. The number of hydrogen-bond donors (Lipinski definition) is 0. The van der Waals surface area contributed by atoms with Crippen LogP contribution in [0.1, 0.15) is 49.2 Å². The highest BCUT2D eigenvalue weighted by Gasteiger charge is 2.09. The van der Waals surface area contributed by atoms with Crippen LogP contribution in [0.4, 0.5) is 0 Å². The van der Waals surface area contributed by atoms with Gasteiger partial charge in [0.25, 0.3) is 0 Å². The van der Waals surface area contributed by atoms with Crippen LogP contribution in [0.5, 0.6) is 17.2 Å². The number of rotatable bonds is 10. The number of allylic oxidation sites excluding steroid dienone is 1. The average molecular weight is 368 g/mol. The van der Waals surface area contributed by atoms with Crippen molar-refractivity contribution in [2.45, 2.75) is 34.1 Å². The van der Waals surface area contributed by atoms with E-state index >= 15 is 0 Å². The summed E-state index contributed by atoms with van der Waals surface area (Å²) in [5, 5.41) is 0. The lowest BCUT2D eigenvalue weighted by Gasteiger charge is -2.10. The number of ketones is 1. The zero-order chi connectivity index (χ0) is 19.6. The minimum Gasteiger partial charge on any atom is -0.494 e. The predicted molar refractivity (Wildman–Crippen MR) is 109 cm³/mol. The van der Waals surface area contributed by atoms with Crippen molar-refractivity contribution in [3.05, 3.63) is 59.2 Å².